The van der Waals surface area contributed by atoms with Crippen LogP contribution in [0, 0.1) is 0 Å². The summed E-state index contributed by atoms with van der Waals surface area (Å²) in [5.41, 5.74) is 9.43. The third-order valence-corrected chi connectivity index (χ3v) is 5.44. The first-order valence-corrected chi connectivity index (χ1v) is 9.95. The number of aromatic carboxylic acids is 1. The first-order chi connectivity index (χ1) is 15.5. The summed E-state index contributed by atoms with van der Waals surface area (Å²) in [7, 11) is 0. The number of hydrogen-bond donors (Lipinski definition) is 3. The molecule has 1 aliphatic rings. The average Bonchev–Trinajstić information content (AvgIpc) is 2.77. The lowest BCUT2D eigenvalue weighted by Crippen LogP contribution is -2.38. The zero-order chi connectivity index (χ0) is 24.3. The summed E-state index contributed by atoms with van der Waals surface area (Å²) in [6, 6.07) is 8.71. The van der Waals surface area contributed by atoms with Crippen LogP contribution in [0.25, 0.3) is 0 Å². The number of hydrogen-bond acceptors (Lipinski definition) is 3. The maximum absolute atomic E-state index is 13.7. The number of carbonyl (C=O) groups is 3. The number of likely N-dealkylation sites (tertiary alicyclic amines) is 1. The number of amides is 2. The number of rotatable bonds is 4. The summed E-state index contributed by atoms with van der Waals surface area (Å²) in [6.07, 6.45) is -4.10. The van der Waals surface area contributed by atoms with Crippen LogP contribution in [0.15, 0.2) is 47.5 Å². The number of aliphatic imine (C=N–C) groups is 1. The van der Waals surface area contributed by atoms with E-state index in [4.69, 9.17) is 16.6 Å². The topological polar surface area (TPSA) is 139 Å². The van der Waals surface area contributed by atoms with E-state index >= 15 is 0 Å². The fourth-order valence-electron chi connectivity index (χ4n) is 3.80. The first kappa shape index (κ1) is 23.8. The van der Waals surface area contributed by atoms with Gasteiger partial charge in [0.05, 0.1) is 11.1 Å². The standard InChI is InChI=1S/C22H21F3N4O4/c23-22(24,25)17-11-15(18(30)28-21(26)27)5-6-16(17)12-7-9-29(10-8-12)19(31)13-1-3-14(4-2-13)20(32)33/h1-6,11-12H,7-10H2,(H,32,33)(H4,26,27,28,30). The van der Waals surface area contributed by atoms with Crippen molar-refractivity contribution in [2.24, 2.45) is 16.5 Å². The van der Waals surface area contributed by atoms with E-state index in [1.54, 1.807) is 0 Å². The Kier molecular flexibility index (Phi) is 6.70. The van der Waals surface area contributed by atoms with Gasteiger partial charge in [-0.05, 0) is 60.7 Å². The molecule has 1 fully saturated rings. The monoisotopic (exact) mass is 462 g/mol. The molecule has 2 aromatic rings. The Bertz CT molecular complexity index is 1100. The predicted octanol–water partition coefficient (Wildman–Crippen LogP) is 2.84. The van der Waals surface area contributed by atoms with Gasteiger partial charge in [-0.2, -0.15) is 18.2 Å². The zero-order valence-electron chi connectivity index (χ0n) is 17.3. The van der Waals surface area contributed by atoms with E-state index in [0.29, 0.717) is 18.4 Å². The molecule has 5 N–H and O–H groups in total. The molecule has 1 saturated heterocycles. The van der Waals surface area contributed by atoms with Crippen molar-refractivity contribution >= 4 is 23.7 Å². The van der Waals surface area contributed by atoms with Crippen molar-refractivity contribution in [3.05, 3.63) is 70.3 Å². The van der Waals surface area contributed by atoms with E-state index in [-0.39, 0.29) is 35.7 Å². The normalized spacial score (nSPS) is 14.6. The van der Waals surface area contributed by atoms with E-state index < -0.39 is 35.5 Å². The van der Waals surface area contributed by atoms with Gasteiger partial charge in [-0.3, -0.25) is 9.59 Å². The zero-order valence-corrected chi connectivity index (χ0v) is 17.3. The minimum atomic E-state index is -4.69. The first-order valence-electron chi connectivity index (χ1n) is 9.95. The number of halogens is 3. The molecule has 0 spiro atoms. The lowest BCUT2D eigenvalue weighted by atomic mass is 9.85. The van der Waals surface area contributed by atoms with Gasteiger partial charge in [0.1, 0.15) is 0 Å². The van der Waals surface area contributed by atoms with Gasteiger partial charge in [-0.15, -0.1) is 0 Å². The number of carbonyl (C=O) groups excluding carboxylic acids is 2. The molecule has 0 bridgehead atoms. The van der Waals surface area contributed by atoms with Crippen molar-refractivity contribution in [2.45, 2.75) is 24.9 Å². The molecule has 1 aliphatic heterocycles. The van der Waals surface area contributed by atoms with Gasteiger partial charge in [0.25, 0.3) is 11.8 Å². The van der Waals surface area contributed by atoms with Crippen LogP contribution in [-0.2, 0) is 6.18 Å². The number of carboxylic acid groups (broad SMARTS) is 1. The molecule has 0 radical (unpaired) electrons. The molecule has 8 nitrogen and oxygen atoms in total. The fourth-order valence-corrected chi connectivity index (χ4v) is 3.80. The highest BCUT2D eigenvalue weighted by Gasteiger charge is 2.37. The largest absolute Gasteiger partial charge is 0.478 e. The number of carboxylic acids is 1. The van der Waals surface area contributed by atoms with E-state index in [1.807, 2.05) is 0 Å². The Labute approximate surface area is 186 Å². The molecule has 0 unspecified atom stereocenters. The molecular weight excluding hydrogens is 441 g/mol. The van der Waals surface area contributed by atoms with E-state index in [0.717, 1.165) is 6.07 Å². The molecule has 33 heavy (non-hydrogen) atoms. The van der Waals surface area contributed by atoms with E-state index in [1.165, 1.54) is 41.3 Å². The molecule has 0 atom stereocenters. The van der Waals surface area contributed by atoms with Crippen molar-refractivity contribution in [1.29, 1.82) is 0 Å². The minimum Gasteiger partial charge on any atom is -0.478 e. The van der Waals surface area contributed by atoms with Crippen LogP contribution >= 0.6 is 0 Å². The summed E-state index contributed by atoms with van der Waals surface area (Å²) >= 11 is 0. The second-order valence-electron chi connectivity index (χ2n) is 7.59. The van der Waals surface area contributed by atoms with Gasteiger partial charge in [-0.1, -0.05) is 6.07 Å². The molecule has 174 valence electrons. The number of alkyl halides is 3. The van der Waals surface area contributed by atoms with E-state index in [9.17, 15) is 27.6 Å². The number of guanidine groups is 1. The highest BCUT2D eigenvalue weighted by molar-refractivity contribution is 6.02. The number of benzene rings is 2. The highest BCUT2D eigenvalue weighted by Crippen LogP contribution is 2.39. The maximum Gasteiger partial charge on any atom is 0.416 e. The molecule has 0 aromatic heterocycles. The van der Waals surface area contributed by atoms with Gasteiger partial charge in [-0.25, -0.2) is 4.79 Å². The van der Waals surface area contributed by atoms with Gasteiger partial charge in [0.15, 0.2) is 5.96 Å². The molecule has 3 rings (SSSR count). The summed E-state index contributed by atoms with van der Waals surface area (Å²) in [5, 5.41) is 8.95. The van der Waals surface area contributed by atoms with Crippen molar-refractivity contribution in [2.75, 3.05) is 13.1 Å². The number of nitrogens with zero attached hydrogens (tertiary/aromatic N) is 2. The van der Waals surface area contributed by atoms with Gasteiger partial charge >= 0.3 is 12.1 Å². The van der Waals surface area contributed by atoms with Gasteiger partial charge < -0.3 is 21.5 Å². The van der Waals surface area contributed by atoms with Crippen molar-refractivity contribution < 1.29 is 32.7 Å². The molecule has 2 amide bonds. The van der Waals surface area contributed by atoms with Crippen LogP contribution in [-0.4, -0.2) is 46.8 Å². The minimum absolute atomic E-state index is 0.0432. The second kappa shape index (κ2) is 9.31. The van der Waals surface area contributed by atoms with Crippen molar-refractivity contribution in [3.8, 4) is 0 Å². The third kappa shape index (κ3) is 5.48. The number of nitrogens with two attached hydrogens (primary N) is 2. The molecular formula is C22H21F3N4O4. The smallest absolute Gasteiger partial charge is 0.416 e. The lowest BCUT2D eigenvalue weighted by Gasteiger charge is -2.33. The van der Waals surface area contributed by atoms with Gasteiger partial charge in [0.2, 0.25) is 0 Å². The molecule has 1 heterocycles. The Hall–Kier alpha value is -3.89. The lowest BCUT2D eigenvalue weighted by molar-refractivity contribution is -0.138. The Morgan fingerprint density at radius 3 is 2.00 bits per heavy atom. The predicted molar refractivity (Wildman–Crippen MR) is 113 cm³/mol. The fraction of sp³-hybridized carbons (Fsp3) is 0.273. The Morgan fingerprint density at radius 2 is 1.48 bits per heavy atom. The third-order valence-electron chi connectivity index (χ3n) is 5.44. The quantitative estimate of drug-likeness (QED) is 0.472. The van der Waals surface area contributed by atoms with Gasteiger partial charge in [0, 0.05) is 24.2 Å². The van der Waals surface area contributed by atoms with Crippen molar-refractivity contribution in [1.82, 2.24) is 4.90 Å². The summed E-state index contributed by atoms with van der Waals surface area (Å²) in [6.45, 7) is 0.465. The summed E-state index contributed by atoms with van der Waals surface area (Å²) < 4.78 is 41.2. The molecule has 0 aliphatic carbocycles. The Balaban J connectivity index is 1.77. The Morgan fingerprint density at radius 1 is 0.939 bits per heavy atom. The second-order valence-corrected chi connectivity index (χ2v) is 7.59. The van der Waals surface area contributed by atoms with Crippen LogP contribution in [0.3, 0.4) is 0 Å². The van der Waals surface area contributed by atoms with Crippen LogP contribution in [0.2, 0.25) is 0 Å². The molecule has 2 aromatic carbocycles. The van der Waals surface area contributed by atoms with Crippen LogP contribution < -0.4 is 11.5 Å². The maximum atomic E-state index is 13.7. The summed E-state index contributed by atoms with van der Waals surface area (Å²) in [5.74, 6) is -3.41. The van der Waals surface area contributed by atoms with Crippen molar-refractivity contribution in [3.63, 3.8) is 0 Å². The number of piperidine rings is 1. The highest BCUT2D eigenvalue weighted by atomic mass is 19.4. The molecule has 11 heteroatoms. The van der Waals surface area contributed by atoms with Crippen LogP contribution in [0.1, 0.15) is 61.0 Å². The SMILES string of the molecule is NC(N)=NC(=O)c1ccc(C2CCN(C(=O)c3ccc(C(=O)O)cc3)CC2)c(C(F)(F)F)c1. The van der Waals surface area contributed by atoms with Crippen LogP contribution in [0.5, 0.6) is 0 Å². The average molecular weight is 462 g/mol. The summed E-state index contributed by atoms with van der Waals surface area (Å²) in [4.78, 5) is 40.4. The molecule has 0 saturated carbocycles. The van der Waals surface area contributed by atoms with E-state index in [2.05, 4.69) is 4.99 Å². The van der Waals surface area contributed by atoms with Crippen LogP contribution in [0.4, 0.5) is 13.2 Å².